The van der Waals surface area contributed by atoms with Crippen molar-refractivity contribution in [1.82, 2.24) is 5.32 Å². The van der Waals surface area contributed by atoms with Gasteiger partial charge >= 0.3 is 5.97 Å². The third-order valence-electron chi connectivity index (χ3n) is 10.7. The second-order valence-corrected chi connectivity index (χ2v) is 12.0. The Hall–Kier alpha value is -1.10. The Morgan fingerprint density at radius 3 is 2.45 bits per heavy atom. The first kappa shape index (κ1) is 23.1. The van der Waals surface area contributed by atoms with Crippen molar-refractivity contribution in [2.75, 3.05) is 6.54 Å². The monoisotopic (exact) mass is 433 g/mol. The van der Waals surface area contributed by atoms with Gasteiger partial charge in [0, 0.05) is 6.42 Å². The molecular weight excluding hydrogens is 390 g/mol. The lowest BCUT2D eigenvalue weighted by Crippen LogP contribution is -2.54. The Morgan fingerprint density at radius 2 is 1.71 bits per heavy atom. The number of aliphatic carboxylic acids is 1. The molecule has 0 aromatic rings. The summed E-state index contributed by atoms with van der Waals surface area (Å²) in [5.41, 5.74) is 0.810. The van der Waals surface area contributed by atoms with Crippen LogP contribution in [0, 0.1) is 46.3 Å². The van der Waals surface area contributed by atoms with E-state index in [1.807, 2.05) is 0 Å². The van der Waals surface area contributed by atoms with Gasteiger partial charge in [0.15, 0.2) is 0 Å². The molecule has 4 aliphatic carbocycles. The Balaban J connectivity index is 1.40. The number of amides is 1. The van der Waals surface area contributed by atoms with Gasteiger partial charge in [0.05, 0.1) is 6.10 Å². The van der Waals surface area contributed by atoms with Gasteiger partial charge in [0.1, 0.15) is 6.54 Å². The molecule has 0 aromatic carbocycles. The minimum absolute atomic E-state index is 0.0760. The van der Waals surface area contributed by atoms with E-state index in [1.54, 1.807) is 0 Å². The highest BCUT2D eigenvalue weighted by Gasteiger charge is 2.60. The highest BCUT2D eigenvalue weighted by Crippen LogP contribution is 2.68. The molecule has 1 amide bonds. The zero-order valence-electron chi connectivity index (χ0n) is 19.7. The summed E-state index contributed by atoms with van der Waals surface area (Å²) in [5, 5.41) is 21.5. The molecule has 0 unspecified atom stereocenters. The minimum Gasteiger partial charge on any atom is -0.480 e. The summed E-state index contributed by atoms with van der Waals surface area (Å²) >= 11 is 0. The van der Waals surface area contributed by atoms with E-state index in [9.17, 15) is 14.7 Å². The van der Waals surface area contributed by atoms with Gasteiger partial charge in [-0.2, -0.15) is 0 Å². The van der Waals surface area contributed by atoms with E-state index in [0.717, 1.165) is 37.0 Å². The molecular formula is C26H43NO4. The molecule has 0 saturated heterocycles. The Labute approximate surface area is 187 Å². The molecule has 0 aromatic heterocycles. The number of hydrogen-bond donors (Lipinski definition) is 3. The van der Waals surface area contributed by atoms with Gasteiger partial charge < -0.3 is 15.5 Å². The third kappa shape index (κ3) is 4.16. The number of rotatable bonds is 6. The first-order chi connectivity index (χ1) is 14.6. The largest absolute Gasteiger partial charge is 0.480 e. The van der Waals surface area contributed by atoms with Crippen LogP contribution < -0.4 is 5.32 Å². The van der Waals surface area contributed by atoms with E-state index >= 15 is 0 Å². The van der Waals surface area contributed by atoms with Crippen LogP contribution in [0.25, 0.3) is 0 Å². The maximum atomic E-state index is 12.0. The molecule has 4 rings (SSSR count). The molecule has 31 heavy (non-hydrogen) atoms. The molecule has 9 atom stereocenters. The predicted octanol–water partition coefficient (Wildman–Crippen LogP) is 4.62. The summed E-state index contributed by atoms with van der Waals surface area (Å²) in [7, 11) is 0. The van der Waals surface area contributed by atoms with Crippen LogP contribution in [0.15, 0.2) is 0 Å². The Bertz CT molecular complexity index is 695. The fourth-order valence-electron chi connectivity index (χ4n) is 9.03. The summed E-state index contributed by atoms with van der Waals surface area (Å²) in [6.07, 6.45) is 12.3. The number of nitrogens with one attached hydrogen (secondary N) is 1. The van der Waals surface area contributed by atoms with Gasteiger partial charge in [-0.05, 0) is 111 Å². The lowest BCUT2D eigenvalue weighted by atomic mass is 9.44. The third-order valence-corrected chi connectivity index (χ3v) is 10.7. The summed E-state index contributed by atoms with van der Waals surface area (Å²) < 4.78 is 0. The predicted molar refractivity (Wildman–Crippen MR) is 120 cm³/mol. The average molecular weight is 434 g/mol. The summed E-state index contributed by atoms with van der Waals surface area (Å²) in [6, 6.07) is 0. The second kappa shape index (κ2) is 8.68. The number of carboxylic acid groups (broad SMARTS) is 1. The zero-order chi connectivity index (χ0) is 22.4. The van der Waals surface area contributed by atoms with Crippen molar-refractivity contribution in [3.8, 4) is 0 Å². The summed E-state index contributed by atoms with van der Waals surface area (Å²) in [6.45, 7) is 7.13. The smallest absolute Gasteiger partial charge is 0.322 e. The van der Waals surface area contributed by atoms with Crippen molar-refractivity contribution in [2.24, 2.45) is 46.3 Å². The van der Waals surface area contributed by atoms with Crippen LogP contribution >= 0.6 is 0 Å². The fourth-order valence-corrected chi connectivity index (χ4v) is 9.03. The molecule has 0 aliphatic heterocycles. The maximum Gasteiger partial charge on any atom is 0.322 e. The highest BCUT2D eigenvalue weighted by molar-refractivity contribution is 5.81. The van der Waals surface area contributed by atoms with Crippen molar-refractivity contribution in [2.45, 2.75) is 97.5 Å². The molecule has 4 saturated carbocycles. The van der Waals surface area contributed by atoms with Gasteiger partial charge in [-0.1, -0.05) is 20.8 Å². The molecule has 4 aliphatic rings. The maximum absolute atomic E-state index is 12.0. The van der Waals surface area contributed by atoms with E-state index in [1.165, 1.54) is 44.9 Å². The lowest BCUT2D eigenvalue weighted by Gasteiger charge is -2.61. The van der Waals surface area contributed by atoms with Gasteiger partial charge in [-0.25, -0.2) is 0 Å². The molecule has 0 radical (unpaired) electrons. The quantitative estimate of drug-likeness (QED) is 0.570. The SMILES string of the molecule is C[C@H](CCC(=O)NCC(=O)O)[C@H]1CC[C@H]2[C@H]3CC[C@H]4C[C@H](O)CC[C@]4(C)[C@@H]3CC[C@]12C. The van der Waals surface area contributed by atoms with Crippen LogP contribution in [0.3, 0.4) is 0 Å². The first-order valence-corrected chi connectivity index (χ1v) is 12.8. The zero-order valence-corrected chi connectivity index (χ0v) is 19.7. The number of fused-ring (bicyclic) bond motifs is 5. The number of carbonyl (C=O) groups excluding carboxylic acids is 1. The van der Waals surface area contributed by atoms with Crippen LogP contribution in [0.1, 0.15) is 91.4 Å². The number of carbonyl (C=O) groups is 2. The van der Waals surface area contributed by atoms with E-state index in [-0.39, 0.29) is 18.6 Å². The van der Waals surface area contributed by atoms with E-state index in [0.29, 0.717) is 35.0 Å². The van der Waals surface area contributed by atoms with Gasteiger partial charge in [0.2, 0.25) is 5.91 Å². The van der Waals surface area contributed by atoms with Crippen LogP contribution in [-0.2, 0) is 9.59 Å². The lowest BCUT2D eigenvalue weighted by molar-refractivity contribution is -0.138. The number of carboxylic acids is 1. The second-order valence-electron chi connectivity index (χ2n) is 12.0. The molecule has 0 spiro atoms. The van der Waals surface area contributed by atoms with Gasteiger partial charge in [-0.3, -0.25) is 9.59 Å². The number of aliphatic hydroxyl groups excluding tert-OH is 1. The van der Waals surface area contributed by atoms with Crippen molar-refractivity contribution in [3.63, 3.8) is 0 Å². The van der Waals surface area contributed by atoms with Crippen molar-refractivity contribution in [1.29, 1.82) is 0 Å². The van der Waals surface area contributed by atoms with Crippen molar-refractivity contribution < 1.29 is 19.8 Å². The normalized spacial score (nSPS) is 45.2. The van der Waals surface area contributed by atoms with Crippen LogP contribution in [0.5, 0.6) is 0 Å². The van der Waals surface area contributed by atoms with Crippen LogP contribution in [0.4, 0.5) is 0 Å². The van der Waals surface area contributed by atoms with E-state index in [2.05, 4.69) is 26.1 Å². The van der Waals surface area contributed by atoms with Crippen molar-refractivity contribution >= 4 is 11.9 Å². The molecule has 3 N–H and O–H groups in total. The van der Waals surface area contributed by atoms with Gasteiger partial charge in [0.25, 0.3) is 0 Å². The topological polar surface area (TPSA) is 86.6 Å². The minimum atomic E-state index is -0.986. The molecule has 176 valence electrons. The summed E-state index contributed by atoms with van der Waals surface area (Å²) in [5.74, 6) is 3.23. The summed E-state index contributed by atoms with van der Waals surface area (Å²) in [4.78, 5) is 22.7. The van der Waals surface area contributed by atoms with Crippen LogP contribution in [-0.4, -0.2) is 34.7 Å². The Kier molecular flexibility index (Phi) is 6.46. The molecule has 5 nitrogen and oxygen atoms in total. The molecule has 0 heterocycles. The first-order valence-electron chi connectivity index (χ1n) is 12.8. The number of aliphatic hydroxyl groups is 1. The van der Waals surface area contributed by atoms with Crippen molar-refractivity contribution in [3.05, 3.63) is 0 Å². The van der Waals surface area contributed by atoms with Gasteiger partial charge in [-0.15, -0.1) is 0 Å². The molecule has 4 fully saturated rings. The van der Waals surface area contributed by atoms with Crippen LogP contribution in [0.2, 0.25) is 0 Å². The van der Waals surface area contributed by atoms with E-state index in [4.69, 9.17) is 5.11 Å². The Morgan fingerprint density at radius 1 is 1.00 bits per heavy atom. The standard InChI is InChI=1S/C26H43NO4/c1-16(4-9-23(29)27-15-24(30)31)20-7-8-21-19-6-5-17-14-18(28)10-12-25(17,2)22(19)11-13-26(20,21)3/h16-22,28H,4-15H2,1-3H3,(H,27,29)(H,30,31)/t16-,17+,18-,19-,20-,21+,22-,25+,26-/m1/s1. The van der Waals surface area contributed by atoms with E-state index < -0.39 is 5.97 Å². The molecule has 0 bridgehead atoms. The fraction of sp³-hybridized carbons (Fsp3) is 0.923. The highest BCUT2D eigenvalue weighted by atomic mass is 16.4. The molecule has 5 heteroatoms. The average Bonchev–Trinajstić information content (AvgIpc) is 3.08. The number of hydrogen-bond acceptors (Lipinski definition) is 3.